The molecule has 5 unspecified atom stereocenters. The molecule has 0 bridgehead atoms. The van der Waals surface area contributed by atoms with Gasteiger partial charge in [-0.3, -0.25) is 28.8 Å². The molecule has 0 saturated carbocycles. The zero-order valence-electron chi connectivity index (χ0n) is 23.4. The molecule has 15 nitrogen and oxygen atoms in total. The zero-order valence-corrected chi connectivity index (χ0v) is 23.4. The Bertz CT molecular complexity index is 1470. The lowest BCUT2D eigenvalue weighted by Gasteiger charge is -2.45. The molecular weight excluding hydrogens is 564 g/mol. The van der Waals surface area contributed by atoms with E-state index >= 15 is 0 Å². The average molecular weight is 593 g/mol. The summed E-state index contributed by atoms with van der Waals surface area (Å²) in [6.45, 7) is 5.86. The first-order valence-corrected chi connectivity index (χ1v) is 12.5. The van der Waals surface area contributed by atoms with Gasteiger partial charge in [0.05, 0.1) is 10.9 Å². The lowest BCUT2D eigenvalue weighted by atomic mass is 9.88. The number of hydrogen-bond acceptors (Lipinski definition) is 15. The molecule has 2 aromatic rings. The van der Waals surface area contributed by atoms with Crippen LogP contribution in [0.15, 0.2) is 27.4 Å². The molecule has 1 aliphatic rings. The van der Waals surface area contributed by atoms with Gasteiger partial charge in [-0.15, -0.1) is 0 Å². The monoisotopic (exact) mass is 592 g/mol. The van der Waals surface area contributed by atoms with Crippen molar-refractivity contribution in [2.45, 2.75) is 72.1 Å². The molecule has 226 valence electrons. The van der Waals surface area contributed by atoms with E-state index < -0.39 is 78.6 Å². The maximum atomic E-state index is 12.3. The third-order valence-electron chi connectivity index (χ3n) is 5.65. The van der Waals surface area contributed by atoms with Crippen LogP contribution in [0.1, 0.15) is 53.2 Å². The molecule has 1 aliphatic heterocycles. The van der Waals surface area contributed by atoms with Crippen molar-refractivity contribution in [2.75, 3.05) is 6.61 Å². The molecule has 0 radical (unpaired) electrons. The molecule has 0 spiro atoms. The van der Waals surface area contributed by atoms with Gasteiger partial charge in [0, 0.05) is 53.7 Å². The van der Waals surface area contributed by atoms with E-state index in [0.717, 1.165) is 53.7 Å². The van der Waals surface area contributed by atoms with E-state index in [9.17, 15) is 33.6 Å². The summed E-state index contributed by atoms with van der Waals surface area (Å²) in [4.78, 5) is 84.6. The van der Waals surface area contributed by atoms with Gasteiger partial charge in [0.25, 0.3) is 0 Å². The molecular formula is C27H28O15. The second-order valence-electron chi connectivity index (χ2n) is 9.09. The average Bonchev–Trinajstić information content (AvgIpc) is 2.84. The Morgan fingerprint density at radius 2 is 1.29 bits per heavy atom. The van der Waals surface area contributed by atoms with Crippen LogP contribution in [0, 0.1) is 0 Å². The Hall–Kier alpha value is -4.79. The molecule has 5 atom stereocenters. The number of carbonyl (C=O) groups excluding carboxylic acids is 6. The van der Waals surface area contributed by atoms with E-state index in [0.29, 0.717) is 0 Å². The van der Waals surface area contributed by atoms with E-state index in [2.05, 4.69) is 0 Å². The Morgan fingerprint density at radius 3 is 1.83 bits per heavy atom. The number of benzene rings is 1. The molecule has 1 aromatic carbocycles. The number of hydrogen-bond donors (Lipinski definition) is 0. The SMILES string of the molecule is CC(=O)OCC1OC(c2c(OC(C)=O)cc3oc(=O)ccc3c2OC(C)=O)C(OC(C)=O)C(OC(C)=O)C1OC(C)=O. The molecule has 2 heterocycles. The van der Waals surface area contributed by atoms with Gasteiger partial charge in [-0.2, -0.15) is 0 Å². The van der Waals surface area contributed by atoms with Crippen LogP contribution in [0.4, 0.5) is 0 Å². The second-order valence-corrected chi connectivity index (χ2v) is 9.09. The van der Waals surface area contributed by atoms with Gasteiger partial charge in [0.2, 0.25) is 0 Å². The van der Waals surface area contributed by atoms with Crippen LogP contribution in [0.3, 0.4) is 0 Å². The fourth-order valence-electron chi connectivity index (χ4n) is 4.40. The number of esters is 6. The topological polar surface area (TPSA) is 197 Å². The van der Waals surface area contributed by atoms with Crippen molar-refractivity contribution in [3.05, 3.63) is 34.2 Å². The fraction of sp³-hybridized carbons (Fsp3) is 0.444. The van der Waals surface area contributed by atoms with E-state index in [1.54, 1.807) is 0 Å². The third-order valence-corrected chi connectivity index (χ3v) is 5.65. The lowest BCUT2D eigenvalue weighted by Crippen LogP contribution is -2.59. The highest BCUT2D eigenvalue weighted by Crippen LogP contribution is 2.48. The summed E-state index contributed by atoms with van der Waals surface area (Å²) in [5, 5.41) is 0.0450. The number of rotatable bonds is 8. The summed E-state index contributed by atoms with van der Waals surface area (Å²) >= 11 is 0. The standard InChI is InChI=1S/C27H28O15/c1-11(28)35-10-20-24(38-14(4)31)26(39-15(5)32)27(40-16(6)33)25(42-20)22-19(36-12(2)29)9-18-17(7-8-21(34)41-18)23(22)37-13(3)30/h7-9,20,24-27H,10H2,1-6H3. The van der Waals surface area contributed by atoms with Crippen molar-refractivity contribution in [1.82, 2.24) is 0 Å². The first kappa shape index (κ1) is 31.7. The highest BCUT2D eigenvalue weighted by Gasteiger charge is 2.54. The minimum Gasteiger partial charge on any atom is -0.463 e. The lowest BCUT2D eigenvalue weighted by molar-refractivity contribution is -0.254. The van der Waals surface area contributed by atoms with Crippen molar-refractivity contribution >= 4 is 46.8 Å². The van der Waals surface area contributed by atoms with Crippen molar-refractivity contribution < 1.29 is 66.3 Å². The number of fused-ring (bicyclic) bond motifs is 1. The highest BCUT2D eigenvalue weighted by atomic mass is 16.7. The molecule has 1 aromatic heterocycles. The number of carbonyl (C=O) groups is 6. The van der Waals surface area contributed by atoms with Gasteiger partial charge < -0.3 is 37.6 Å². The summed E-state index contributed by atoms with van der Waals surface area (Å²) in [6, 6.07) is 3.46. The summed E-state index contributed by atoms with van der Waals surface area (Å²) in [5.41, 5.74) is -1.13. The van der Waals surface area contributed by atoms with E-state index in [4.69, 9.17) is 37.6 Å². The third kappa shape index (κ3) is 7.69. The summed E-state index contributed by atoms with van der Waals surface area (Å²) < 4.78 is 43.7. The smallest absolute Gasteiger partial charge is 0.336 e. The summed E-state index contributed by atoms with van der Waals surface area (Å²) in [6.07, 6.45) is -7.63. The number of ether oxygens (including phenoxy) is 7. The maximum absolute atomic E-state index is 12.3. The first-order chi connectivity index (χ1) is 19.7. The second kappa shape index (κ2) is 13.2. The van der Waals surface area contributed by atoms with E-state index in [1.807, 2.05) is 0 Å². The molecule has 42 heavy (non-hydrogen) atoms. The van der Waals surface area contributed by atoms with Crippen LogP contribution in [-0.2, 0) is 52.5 Å². The van der Waals surface area contributed by atoms with E-state index in [-0.39, 0.29) is 28.0 Å². The van der Waals surface area contributed by atoms with Crippen molar-refractivity contribution in [3.8, 4) is 11.5 Å². The molecule has 0 N–H and O–H groups in total. The molecule has 0 amide bonds. The fourth-order valence-corrected chi connectivity index (χ4v) is 4.40. The van der Waals surface area contributed by atoms with Crippen molar-refractivity contribution in [2.24, 2.45) is 0 Å². The largest absolute Gasteiger partial charge is 0.463 e. The minimum absolute atomic E-state index is 0.0450. The Morgan fingerprint density at radius 1 is 0.714 bits per heavy atom. The summed E-state index contributed by atoms with van der Waals surface area (Å²) in [5.74, 6) is -5.70. The van der Waals surface area contributed by atoms with Crippen LogP contribution in [0.25, 0.3) is 11.0 Å². The zero-order chi connectivity index (χ0) is 31.3. The van der Waals surface area contributed by atoms with Gasteiger partial charge >= 0.3 is 41.4 Å². The molecule has 0 aliphatic carbocycles. The van der Waals surface area contributed by atoms with Gasteiger partial charge in [-0.25, -0.2) is 4.79 Å². The summed E-state index contributed by atoms with van der Waals surface area (Å²) in [7, 11) is 0. The van der Waals surface area contributed by atoms with Crippen molar-refractivity contribution in [1.29, 1.82) is 0 Å². The maximum Gasteiger partial charge on any atom is 0.336 e. The molecule has 3 rings (SSSR count). The Labute approximate surface area is 237 Å². The van der Waals surface area contributed by atoms with Crippen LogP contribution < -0.4 is 15.1 Å². The van der Waals surface area contributed by atoms with Crippen LogP contribution in [0.5, 0.6) is 11.5 Å². The Balaban J connectivity index is 2.40. The van der Waals surface area contributed by atoms with Gasteiger partial charge in [0.1, 0.15) is 30.1 Å². The highest BCUT2D eigenvalue weighted by molar-refractivity contribution is 5.91. The predicted octanol–water partition coefficient (Wildman–Crippen LogP) is 1.44. The van der Waals surface area contributed by atoms with Crippen LogP contribution >= 0.6 is 0 Å². The van der Waals surface area contributed by atoms with Crippen molar-refractivity contribution in [3.63, 3.8) is 0 Å². The van der Waals surface area contributed by atoms with Gasteiger partial charge in [0.15, 0.2) is 24.1 Å². The quantitative estimate of drug-likeness (QED) is 0.184. The minimum atomic E-state index is -1.62. The molecule has 1 fully saturated rings. The molecule has 15 heteroatoms. The predicted molar refractivity (Wildman–Crippen MR) is 136 cm³/mol. The van der Waals surface area contributed by atoms with Gasteiger partial charge in [-0.1, -0.05) is 0 Å². The normalized spacial score (nSPS) is 21.5. The van der Waals surface area contributed by atoms with Crippen LogP contribution in [0.2, 0.25) is 0 Å². The van der Waals surface area contributed by atoms with Crippen LogP contribution in [-0.4, -0.2) is 66.8 Å². The van der Waals surface area contributed by atoms with E-state index in [1.165, 1.54) is 6.07 Å². The van der Waals surface area contributed by atoms with Gasteiger partial charge in [-0.05, 0) is 6.07 Å². The Kier molecular flexibility index (Phi) is 10.0. The first-order valence-electron chi connectivity index (χ1n) is 12.5. The molecule has 1 saturated heterocycles.